The van der Waals surface area contributed by atoms with Crippen LogP contribution in [0.2, 0.25) is 0 Å². The lowest BCUT2D eigenvalue weighted by atomic mass is 9.90. The number of hydrogen-bond acceptors (Lipinski definition) is 7. The number of ketones is 1. The molecule has 180 valence electrons. The number of nitro benzene ring substituents is 1. The molecule has 33 heavy (non-hydrogen) atoms. The SMILES string of the molecule is CCCn1nc(C)c(C(=O)c2ccc([N+](=O)[O-])c(C(C)=C(C)C)c2C)c1OS(=O)(=O)C(C)C. The van der Waals surface area contributed by atoms with Crippen molar-refractivity contribution in [2.75, 3.05) is 0 Å². The molecule has 2 aromatic rings. The van der Waals surface area contributed by atoms with Crippen LogP contribution in [-0.2, 0) is 16.7 Å². The lowest BCUT2D eigenvalue weighted by Crippen LogP contribution is -2.23. The van der Waals surface area contributed by atoms with E-state index in [0.717, 1.165) is 5.57 Å². The van der Waals surface area contributed by atoms with Gasteiger partial charge in [-0.3, -0.25) is 14.9 Å². The van der Waals surface area contributed by atoms with E-state index in [-0.39, 0.29) is 22.7 Å². The first-order valence-electron chi connectivity index (χ1n) is 10.7. The minimum Gasteiger partial charge on any atom is -0.361 e. The summed E-state index contributed by atoms with van der Waals surface area (Å²) in [5.74, 6) is -0.634. The second kappa shape index (κ2) is 9.86. The molecule has 1 heterocycles. The minimum absolute atomic E-state index is 0.0328. The van der Waals surface area contributed by atoms with Crippen LogP contribution in [0.3, 0.4) is 0 Å². The lowest BCUT2D eigenvalue weighted by Gasteiger charge is -2.15. The Balaban J connectivity index is 2.80. The van der Waals surface area contributed by atoms with Crippen LogP contribution < -0.4 is 4.18 Å². The van der Waals surface area contributed by atoms with Gasteiger partial charge in [0.25, 0.3) is 5.69 Å². The zero-order chi connectivity index (χ0) is 25.2. The summed E-state index contributed by atoms with van der Waals surface area (Å²) in [4.78, 5) is 24.9. The van der Waals surface area contributed by atoms with Crippen molar-refractivity contribution < 1.29 is 22.3 Å². The third kappa shape index (κ3) is 5.16. The summed E-state index contributed by atoms with van der Waals surface area (Å²) in [5.41, 5.74) is 2.87. The maximum atomic E-state index is 13.7. The van der Waals surface area contributed by atoms with Gasteiger partial charge in [-0.15, -0.1) is 0 Å². The van der Waals surface area contributed by atoms with Crippen LogP contribution >= 0.6 is 0 Å². The number of carbonyl (C=O) groups is 1. The van der Waals surface area contributed by atoms with Gasteiger partial charge in [0, 0.05) is 18.2 Å². The van der Waals surface area contributed by atoms with Crippen molar-refractivity contribution in [2.45, 2.75) is 73.6 Å². The van der Waals surface area contributed by atoms with Crippen LogP contribution in [0.1, 0.15) is 80.7 Å². The molecule has 0 atom stereocenters. The van der Waals surface area contributed by atoms with Crippen molar-refractivity contribution in [1.29, 1.82) is 0 Å². The molecule has 1 aromatic heterocycles. The van der Waals surface area contributed by atoms with Crippen LogP contribution in [0.25, 0.3) is 5.57 Å². The topological polar surface area (TPSA) is 121 Å². The number of allylic oxidation sites excluding steroid dienone is 2. The predicted molar refractivity (Wildman–Crippen MR) is 127 cm³/mol. The normalized spacial score (nSPS) is 11.5. The van der Waals surface area contributed by atoms with Crippen molar-refractivity contribution in [3.63, 3.8) is 0 Å². The molecule has 0 saturated carbocycles. The van der Waals surface area contributed by atoms with Gasteiger partial charge in [-0.2, -0.15) is 13.5 Å². The number of carbonyl (C=O) groups excluding carboxylic acids is 1. The van der Waals surface area contributed by atoms with E-state index in [1.54, 1.807) is 20.8 Å². The highest BCUT2D eigenvalue weighted by Gasteiger charge is 2.31. The molecule has 0 saturated heterocycles. The third-order valence-corrected chi connectivity index (χ3v) is 7.07. The number of rotatable bonds is 9. The molecular weight excluding hydrogens is 446 g/mol. The van der Waals surface area contributed by atoms with Crippen molar-refractivity contribution in [2.24, 2.45) is 0 Å². The second-order valence-corrected chi connectivity index (χ2v) is 10.6. The maximum Gasteiger partial charge on any atom is 0.313 e. The molecule has 0 N–H and O–H groups in total. The van der Waals surface area contributed by atoms with Crippen LogP contribution in [0, 0.1) is 24.0 Å². The Labute approximate surface area is 194 Å². The molecule has 0 aliphatic heterocycles. The quantitative estimate of drug-likeness (QED) is 0.216. The molecule has 0 fully saturated rings. The fourth-order valence-electron chi connectivity index (χ4n) is 3.43. The Morgan fingerprint density at radius 1 is 1.18 bits per heavy atom. The largest absolute Gasteiger partial charge is 0.361 e. The average Bonchev–Trinajstić information content (AvgIpc) is 3.00. The van der Waals surface area contributed by atoms with Gasteiger partial charge in [-0.25, -0.2) is 4.68 Å². The van der Waals surface area contributed by atoms with Crippen molar-refractivity contribution in [3.05, 3.63) is 55.8 Å². The van der Waals surface area contributed by atoms with E-state index in [9.17, 15) is 23.3 Å². The van der Waals surface area contributed by atoms with Gasteiger partial charge in [0.05, 0.1) is 21.4 Å². The highest BCUT2D eigenvalue weighted by atomic mass is 32.2. The summed E-state index contributed by atoms with van der Waals surface area (Å²) in [6.45, 7) is 13.9. The summed E-state index contributed by atoms with van der Waals surface area (Å²) in [5, 5.41) is 15.2. The Morgan fingerprint density at radius 3 is 2.27 bits per heavy atom. The molecule has 2 rings (SSSR count). The van der Waals surface area contributed by atoms with E-state index in [1.165, 1.54) is 30.7 Å². The third-order valence-electron chi connectivity index (χ3n) is 5.53. The van der Waals surface area contributed by atoms with Gasteiger partial charge in [-0.05, 0) is 72.1 Å². The molecule has 0 amide bonds. The highest BCUT2D eigenvalue weighted by molar-refractivity contribution is 7.87. The molecule has 1 aromatic carbocycles. The standard InChI is InChI=1S/C23H31N3O6S/c1-9-12-25-23(32-33(30,31)14(4)5)21(17(8)24-25)22(27)18-10-11-19(26(28)29)20(16(18)7)15(6)13(2)3/h10-11,14H,9,12H2,1-8H3. The number of nitro groups is 1. The number of hydrogen-bond donors (Lipinski definition) is 0. The average molecular weight is 478 g/mol. The highest BCUT2D eigenvalue weighted by Crippen LogP contribution is 2.35. The summed E-state index contributed by atoms with van der Waals surface area (Å²) >= 11 is 0. The fourth-order valence-corrected chi connectivity index (χ4v) is 4.01. The lowest BCUT2D eigenvalue weighted by molar-refractivity contribution is -0.385. The van der Waals surface area contributed by atoms with Crippen LogP contribution in [-0.4, -0.2) is 34.2 Å². The fraction of sp³-hybridized carbons (Fsp3) is 0.478. The monoisotopic (exact) mass is 477 g/mol. The summed E-state index contributed by atoms with van der Waals surface area (Å²) in [7, 11) is -3.99. The Bertz CT molecular complexity index is 1240. The van der Waals surface area contributed by atoms with E-state index in [4.69, 9.17) is 4.18 Å². The number of benzene rings is 1. The van der Waals surface area contributed by atoms with Gasteiger partial charge >= 0.3 is 10.1 Å². The van der Waals surface area contributed by atoms with Crippen LogP contribution in [0.15, 0.2) is 17.7 Å². The van der Waals surface area contributed by atoms with Gasteiger partial charge in [0.1, 0.15) is 5.56 Å². The first-order valence-corrected chi connectivity index (χ1v) is 12.2. The van der Waals surface area contributed by atoms with E-state index >= 15 is 0 Å². The summed E-state index contributed by atoms with van der Waals surface area (Å²) < 4.78 is 31.8. The zero-order valence-corrected chi connectivity index (χ0v) is 21.2. The van der Waals surface area contributed by atoms with Gasteiger partial charge in [0.2, 0.25) is 11.7 Å². The second-order valence-electron chi connectivity index (χ2n) is 8.46. The molecule has 0 spiro atoms. The molecule has 10 heteroatoms. The smallest absolute Gasteiger partial charge is 0.313 e. The van der Waals surface area contributed by atoms with Crippen LogP contribution in [0.5, 0.6) is 5.88 Å². The van der Waals surface area contributed by atoms with E-state index in [2.05, 4.69) is 5.10 Å². The van der Waals surface area contributed by atoms with E-state index in [1.807, 2.05) is 20.8 Å². The molecular formula is C23H31N3O6S. The molecule has 0 aliphatic rings. The molecule has 9 nitrogen and oxygen atoms in total. The van der Waals surface area contributed by atoms with Crippen LogP contribution in [0.4, 0.5) is 5.69 Å². The van der Waals surface area contributed by atoms with Crippen molar-refractivity contribution in [1.82, 2.24) is 9.78 Å². The Kier molecular flexibility index (Phi) is 7.84. The maximum absolute atomic E-state index is 13.7. The zero-order valence-electron chi connectivity index (χ0n) is 20.3. The molecule has 0 aliphatic carbocycles. The molecule has 0 radical (unpaired) electrons. The van der Waals surface area contributed by atoms with E-state index < -0.39 is 26.1 Å². The van der Waals surface area contributed by atoms with Gasteiger partial charge in [0.15, 0.2) is 0 Å². The van der Waals surface area contributed by atoms with Gasteiger partial charge < -0.3 is 4.18 Å². The Morgan fingerprint density at radius 2 is 1.79 bits per heavy atom. The number of aromatic nitrogens is 2. The molecule has 0 unspecified atom stereocenters. The van der Waals surface area contributed by atoms with E-state index in [0.29, 0.717) is 35.4 Å². The predicted octanol–water partition coefficient (Wildman–Crippen LogP) is 4.98. The van der Waals surface area contributed by atoms with Crippen molar-refractivity contribution in [3.8, 4) is 5.88 Å². The minimum atomic E-state index is -3.99. The first-order chi connectivity index (χ1) is 15.2. The van der Waals surface area contributed by atoms with Gasteiger partial charge in [-0.1, -0.05) is 12.5 Å². The molecule has 0 bridgehead atoms. The number of aryl methyl sites for hydroxylation is 2. The first kappa shape index (κ1) is 26.2. The van der Waals surface area contributed by atoms with Crippen molar-refractivity contribution >= 4 is 27.2 Å². The Hall–Kier alpha value is -3.01. The summed E-state index contributed by atoms with van der Waals surface area (Å²) in [6, 6.07) is 2.70. The summed E-state index contributed by atoms with van der Waals surface area (Å²) in [6.07, 6.45) is 0.646. The number of nitrogens with zero attached hydrogens (tertiary/aromatic N) is 3.